The number of amides is 1. The smallest absolute Gasteiger partial charge is 0.344 e. The first kappa shape index (κ1) is 22.1. The summed E-state index contributed by atoms with van der Waals surface area (Å²) in [6, 6.07) is 22.4. The Labute approximate surface area is 192 Å². The normalized spacial score (nSPS) is 11.3. The highest BCUT2D eigenvalue weighted by Crippen LogP contribution is 2.32. The largest absolute Gasteiger partial charge is 0.496 e. The molecule has 0 saturated carbocycles. The van der Waals surface area contributed by atoms with Crippen molar-refractivity contribution in [2.24, 2.45) is 0 Å². The van der Waals surface area contributed by atoms with Crippen LogP contribution in [0.3, 0.4) is 0 Å². The first-order valence-electron chi connectivity index (χ1n) is 10.7. The average Bonchev–Trinajstić information content (AvgIpc) is 2.82. The molecular formula is C28H25NO4. The fraction of sp³-hybridized carbons (Fsp3) is 0.143. The molecule has 1 heterocycles. The van der Waals surface area contributed by atoms with Gasteiger partial charge in [0, 0.05) is 28.8 Å². The summed E-state index contributed by atoms with van der Waals surface area (Å²) in [5.41, 5.74) is 3.83. The summed E-state index contributed by atoms with van der Waals surface area (Å²) in [5, 5.41) is 3.65. The third-order valence-electron chi connectivity index (χ3n) is 5.43. The van der Waals surface area contributed by atoms with E-state index in [4.69, 9.17) is 9.15 Å². The Morgan fingerprint density at radius 1 is 0.970 bits per heavy atom. The van der Waals surface area contributed by atoms with E-state index >= 15 is 0 Å². The second kappa shape index (κ2) is 9.57. The molecular weight excluding hydrogens is 414 g/mol. The van der Waals surface area contributed by atoms with Gasteiger partial charge in [-0.1, -0.05) is 56.3 Å². The van der Waals surface area contributed by atoms with E-state index in [2.05, 4.69) is 31.3 Å². The zero-order valence-electron chi connectivity index (χ0n) is 18.8. The molecule has 4 aromatic rings. The van der Waals surface area contributed by atoms with Gasteiger partial charge in [0.25, 0.3) is 0 Å². The lowest BCUT2D eigenvalue weighted by Gasteiger charge is -2.11. The van der Waals surface area contributed by atoms with Gasteiger partial charge in [0.05, 0.1) is 12.7 Å². The number of carbonyl (C=O) groups excluding carboxylic acids is 1. The molecule has 5 nitrogen and oxygen atoms in total. The first-order chi connectivity index (χ1) is 15.9. The molecule has 166 valence electrons. The maximum Gasteiger partial charge on any atom is 0.344 e. The molecule has 0 radical (unpaired) electrons. The van der Waals surface area contributed by atoms with Crippen LogP contribution < -0.4 is 15.7 Å². The Balaban J connectivity index is 1.54. The van der Waals surface area contributed by atoms with E-state index in [0.29, 0.717) is 34.1 Å². The number of hydrogen-bond acceptors (Lipinski definition) is 4. The van der Waals surface area contributed by atoms with Crippen molar-refractivity contribution in [3.63, 3.8) is 0 Å². The monoisotopic (exact) mass is 439 g/mol. The van der Waals surface area contributed by atoms with Crippen molar-refractivity contribution < 1.29 is 13.9 Å². The molecule has 4 rings (SSSR count). The Morgan fingerprint density at radius 3 is 2.45 bits per heavy atom. The van der Waals surface area contributed by atoms with Crippen LogP contribution in [0.5, 0.6) is 5.75 Å². The number of methoxy groups -OCH3 is 1. The molecule has 3 aromatic carbocycles. The Bertz CT molecular complexity index is 1380. The Kier molecular flexibility index (Phi) is 6.41. The SMILES string of the molecule is COc1cc(NC(=O)C=Cc2ccc(C(C)C)cc2)ccc1-c1cc2ccccc2oc1=O. The quantitative estimate of drug-likeness (QED) is 0.285. The zero-order valence-corrected chi connectivity index (χ0v) is 18.8. The topological polar surface area (TPSA) is 68.5 Å². The van der Waals surface area contributed by atoms with Gasteiger partial charge in [-0.15, -0.1) is 0 Å². The van der Waals surface area contributed by atoms with Gasteiger partial charge in [0.2, 0.25) is 5.91 Å². The number of benzene rings is 3. The molecule has 0 fully saturated rings. The van der Waals surface area contributed by atoms with Gasteiger partial charge >= 0.3 is 5.63 Å². The number of carbonyl (C=O) groups is 1. The molecule has 33 heavy (non-hydrogen) atoms. The van der Waals surface area contributed by atoms with E-state index < -0.39 is 5.63 Å². The van der Waals surface area contributed by atoms with Gasteiger partial charge in [0.15, 0.2) is 0 Å². The van der Waals surface area contributed by atoms with Crippen LogP contribution in [0.25, 0.3) is 28.2 Å². The molecule has 0 bridgehead atoms. The molecule has 1 amide bonds. The zero-order chi connectivity index (χ0) is 23.4. The maximum atomic E-state index is 12.5. The number of anilines is 1. The highest BCUT2D eigenvalue weighted by Gasteiger charge is 2.14. The average molecular weight is 440 g/mol. The number of hydrogen-bond donors (Lipinski definition) is 1. The van der Waals surface area contributed by atoms with Gasteiger partial charge in [-0.3, -0.25) is 4.79 Å². The molecule has 0 saturated heterocycles. The summed E-state index contributed by atoms with van der Waals surface area (Å²) >= 11 is 0. The Morgan fingerprint density at radius 2 is 1.73 bits per heavy atom. The minimum atomic E-state index is -0.449. The fourth-order valence-electron chi connectivity index (χ4n) is 3.59. The molecule has 0 spiro atoms. The number of ether oxygens (including phenoxy) is 1. The maximum absolute atomic E-state index is 12.5. The summed E-state index contributed by atoms with van der Waals surface area (Å²) < 4.78 is 10.9. The van der Waals surface area contributed by atoms with E-state index in [0.717, 1.165) is 10.9 Å². The van der Waals surface area contributed by atoms with E-state index in [1.807, 2.05) is 30.3 Å². The lowest BCUT2D eigenvalue weighted by molar-refractivity contribution is -0.111. The van der Waals surface area contributed by atoms with Crippen LogP contribution in [0, 0.1) is 0 Å². The second-order valence-electron chi connectivity index (χ2n) is 8.04. The van der Waals surface area contributed by atoms with Crippen LogP contribution in [-0.2, 0) is 4.79 Å². The van der Waals surface area contributed by atoms with Crippen LogP contribution in [0.15, 0.2) is 88.1 Å². The minimum Gasteiger partial charge on any atom is -0.496 e. The molecule has 0 unspecified atom stereocenters. The predicted octanol–water partition coefficient (Wildman–Crippen LogP) is 6.24. The summed E-state index contributed by atoms with van der Waals surface area (Å²) in [5.74, 6) is 0.664. The van der Waals surface area contributed by atoms with Gasteiger partial charge in [-0.2, -0.15) is 0 Å². The van der Waals surface area contributed by atoms with Crippen molar-refractivity contribution in [2.75, 3.05) is 12.4 Å². The highest BCUT2D eigenvalue weighted by atomic mass is 16.5. The second-order valence-corrected chi connectivity index (χ2v) is 8.04. The highest BCUT2D eigenvalue weighted by molar-refractivity contribution is 6.02. The number of nitrogens with one attached hydrogen (secondary N) is 1. The van der Waals surface area contributed by atoms with Crippen molar-refractivity contribution in [3.05, 3.63) is 100 Å². The van der Waals surface area contributed by atoms with E-state index in [1.54, 1.807) is 36.4 Å². The lowest BCUT2D eigenvalue weighted by atomic mass is 10.0. The minimum absolute atomic E-state index is 0.261. The van der Waals surface area contributed by atoms with Crippen molar-refractivity contribution in [2.45, 2.75) is 19.8 Å². The molecule has 0 aliphatic carbocycles. The third-order valence-corrected chi connectivity index (χ3v) is 5.43. The molecule has 0 aliphatic heterocycles. The predicted molar refractivity (Wildman–Crippen MR) is 133 cm³/mol. The standard InChI is InChI=1S/C28H25NO4/c1-18(2)20-11-8-19(9-12-20)10-15-27(30)29-22-13-14-23(26(17-22)32-3)24-16-21-6-4-5-7-25(21)33-28(24)31/h4-18H,1-3H3,(H,29,30). The van der Waals surface area contributed by atoms with Crippen molar-refractivity contribution in [1.29, 1.82) is 0 Å². The van der Waals surface area contributed by atoms with Gasteiger partial charge < -0.3 is 14.5 Å². The van der Waals surface area contributed by atoms with Crippen LogP contribution in [0.2, 0.25) is 0 Å². The Hall–Kier alpha value is -4.12. The van der Waals surface area contributed by atoms with E-state index in [-0.39, 0.29) is 5.91 Å². The summed E-state index contributed by atoms with van der Waals surface area (Å²) in [4.78, 5) is 25.0. The van der Waals surface area contributed by atoms with E-state index in [1.165, 1.54) is 18.7 Å². The molecule has 5 heteroatoms. The van der Waals surface area contributed by atoms with Gasteiger partial charge in [0.1, 0.15) is 11.3 Å². The number of fused-ring (bicyclic) bond motifs is 1. The van der Waals surface area contributed by atoms with E-state index in [9.17, 15) is 9.59 Å². The molecule has 1 N–H and O–H groups in total. The van der Waals surface area contributed by atoms with Crippen molar-refractivity contribution in [3.8, 4) is 16.9 Å². The summed E-state index contributed by atoms with van der Waals surface area (Å²) in [7, 11) is 1.52. The first-order valence-corrected chi connectivity index (χ1v) is 10.7. The molecule has 0 aliphatic rings. The third kappa shape index (κ3) is 5.04. The summed E-state index contributed by atoms with van der Waals surface area (Å²) in [6.45, 7) is 4.29. The number of rotatable bonds is 6. The van der Waals surface area contributed by atoms with Crippen LogP contribution in [-0.4, -0.2) is 13.0 Å². The fourth-order valence-corrected chi connectivity index (χ4v) is 3.59. The van der Waals surface area contributed by atoms with Gasteiger partial charge in [-0.25, -0.2) is 4.79 Å². The summed E-state index contributed by atoms with van der Waals surface area (Å²) in [6.07, 6.45) is 3.26. The van der Waals surface area contributed by atoms with Crippen LogP contribution >= 0.6 is 0 Å². The molecule has 0 atom stereocenters. The molecule has 1 aromatic heterocycles. The van der Waals surface area contributed by atoms with Crippen LogP contribution in [0.1, 0.15) is 30.9 Å². The number of para-hydroxylation sites is 1. The van der Waals surface area contributed by atoms with Crippen molar-refractivity contribution >= 4 is 28.6 Å². The van der Waals surface area contributed by atoms with Crippen LogP contribution in [0.4, 0.5) is 5.69 Å². The van der Waals surface area contributed by atoms with Crippen molar-refractivity contribution in [1.82, 2.24) is 0 Å². The van der Waals surface area contributed by atoms with Gasteiger partial charge in [-0.05, 0) is 47.4 Å². The lowest BCUT2D eigenvalue weighted by Crippen LogP contribution is -2.08.